The standard InChI is InChI=1S/C10H19N5O/c1-4-15(5-2)10(16)11-7-6-9-13-12-8-14(9)3/h8H,4-7H2,1-3H3,(H,11,16). The molecule has 0 fully saturated rings. The van der Waals surface area contributed by atoms with E-state index in [0.29, 0.717) is 13.0 Å². The Labute approximate surface area is 95.6 Å². The van der Waals surface area contributed by atoms with Gasteiger partial charge in [-0.15, -0.1) is 10.2 Å². The fraction of sp³-hybridized carbons (Fsp3) is 0.700. The molecule has 0 bridgehead atoms. The average Bonchev–Trinajstić information content (AvgIpc) is 2.66. The van der Waals surface area contributed by atoms with Crippen molar-refractivity contribution in [3.63, 3.8) is 0 Å². The van der Waals surface area contributed by atoms with Crippen molar-refractivity contribution in [3.05, 3.63) is 12.2 Å². The summed E-state index contributed by atoms with van der Waals surface area (Å²) in [6.07, 6.45) is 2.35. The van der Waals surface area contributed by atoms with E-state index in [4.69, 9.17) is 0 Å². The maximum atomic E-state index is 11.6. The maximum Gasteiger partial charge on any atom is 0.317 e. The predicted octanol–water partition coefficient (Wildman–Crippen LogP) is 0.409. The van der Waals surface area contributed by atoms with Gasteiger partial charge in [0.15, 0.2) is 0 Å². The van der Waals surface area contributed by atoms with Gasteiger partial charge in [-0.2, -0.15) is 0 Å². The summed E-state index contributed by atoms with van der Waals surface area (Å²) < 4.78 is 1.85. The van der Waals surface area contributed by atoms with Gasteiger partial charge in [-0.25, -0.2) is 4.79 Å². The SMILES string of the molecule is CCN(CC)C(=O)NCCc1nncn1C. The molecule has 2 amide bonds. The average molecular weight is 225 g/mol. The Bertz CT molecular complexity index is 332. The third kappa shape index (κ3) is 3.22. The van der Waals surface area contributed by atoms with E-state index in [1.54, 1.807) is 11.2 Å². The molecular formula is C10H19N5O. The van der Waals surface area contributed by atoms with Crippen molar-refractivity contribution < 1.29 is 4.79 Å². The van der Waals surface area contributed by atoms with Crippen LogP contribution in [-0.2, 0) is 13.5 Å². The Kier molecular flexibility index (Phi) is 4.75. The summed E-state index contributed by atoms with van der Waals surface area (Å²) in [5, 5.41) is 10.6. The van der Waals surface area contributed by atoms with Crippen LogP contribution in [0, 0.1) is 0 Å². The quantitative estimate of drug-likeness (QED) is 0.789. The number of carbonyl (C=O) groups excluding carboxylic acids is 1. The molecule has 1 rings (SSSR count). The normalized spacial score (nSPS) is 10.2. The summed E-state index contributed by atoms with van der Waals surface area (Å²) in [6.45, 7) is 5.97. The van der Waals surface area contributed by atoms with Crippen LogP contribution >= 0.6 is 0 Å². The highest BCUT2D eigenvalue weighted by Gasteiger charge is 2.08. The number of aryl methyl sites for hydroxylation is 1. The molecule has 1 aromatic heterocycles. The van der Waals surface area contributed by atoms with E-state index in [1.807, 2.05) is 25.5 Å². The zero-order valence-corrected chi connectivity index (χ0v) is 10.1. The molecule has 6 nitrogen and oxygen atoms in total. The highest BCUT2D eigenvalue weighted by Crippen LogP contribution is 1.92. The van der Waals surface area contributed by atoms with Crippen LogP contribution in [-0.4, -0.2) is 45.3 Å². The number of urea groups is 1. The second-order valence-corrected chi connectivity index (χ2v) is 3.51. The molecule has 6 heteroatoms. The number of nitrogens with zero attached hydrogens (tertiary/aromatic N) is 4. The molecule has 0 aromatic carbocycles. The molecule has 0 aliphatic heterocycles. The van der Waals surface area contributed by atoms with Gasteiger partial charge in [0.2, 0.25) is 0 Å². The van der Waals surface area contributed by atoms with Crippen molar-refractivity contribution in [1.29, 1.82) is 0 Å². The predicted molar refractivity (Wildman–Crippen MR) is 61.0 cm³/mol. The highest BCUT2D eigenvalue weighted by molar-refractivity contribution is 5.74. The first-order valence-electron chi connectivity index (χ1n) is 5.54. The van der Waals surface area contributed by atoms with E-state index in [2.05, 4.69) is 15.5 Å². The largest absolute Gasteiger partial charge is 0.338 e. The minimum atomic E-state index is -0.0211. The Morgan fingerprint density at radius 3 is 2.69 bits per heavy atom. The fourth-order valence-electron chi connectivity index (χ4n) is 1.44. The van der Waals surface area contributed by atoms with Crippen LogP contribution in [0.2, 0.25) is 0 Å². The molecular weight excluding hydrogens is 206 g/mol. The number of hydrogen-bond acceptors (Lipinski definition) is 3. The minimum absolute atomic E-state index is 0.0211. The van der Waals surface area contributed by atoms with Gasteiger partial charge in [0, 0.05) is 33.1 Å². The van der Waals surface area contributed by atoms with Crippen LogP contribution in [0.5, 0.6) is 0 Å². The second-order valence-electron chi connectivity index (χ2n) is 3.51. The lowest BCUT2D eigenvalue weighted by atomic mass is 10.4. The Hall–Kier alpha value is -1.59. The summed E-state index contributed by atoms with van der Waals surface area (Å²) in [5.41, 5.74) is 0. The van der Waals surface area contributed by atoms with E-state index < -0.39 is 0 Å². The lowest BCUT2D eigenvalue weighted by Crippen LogP contribution is -2.40. The van der Waals surface area contributed by atoms with Crippen molar-refractivity contribution in [2.75, 3.05) is 19.6 Å². The van der Waals surface area contributed by atoms with E-state index in [9.17, 15) is 4.79 Å². The molecule has 0 radical (unpaired) electrons. The molecule has 0 saturated carbocycles. The Morgan fingerprint density at radius 1 is 1.50 bits per heavy atom. The number of amides is 2. The topological polar surface area (TPSA) is 63.1 Å². The first-order valence-corrected chi connectivity index (χ1v) is 5.54. The molecule has 0 unspecified atom stereocenters. The first-order chi connectivity index (χ1) is 7.69. The lowest BCUT2D eigenvalue weighted by Gasteiger charge is -2.18. The van der Waals surface area contributed by atoms with Gasteiger partial charge in [-0.05, 0) is 13.8 Å². The van der Waals surface area contributed by atoms with E-state index >= 15 is 0 Å². The Balaban J connectivity index is 2.30. The van der Waals surface area contributed by atoms with Gasteiger partial charge >= 0.3 is 6.03 Å². The highest BCUT2D eigenvalue weighted by atomic mass is 16.2. The number of carbonyl (C=O) groups is 1. The molecule has 1 aromatic rings. The van der Waals surface area contributed by atoms with Crippen molar-refractivity contribution in [1.82, 2.24) is 25.0 Å². The summed E-state index contributed by atoms with van der Waals surface area (Å²) in [7, 11) is 1.89. The zero-order chi connectivity index (χ0) is 12.0. The van der Waals surface area contributed by atoms with Crippen LogP contribution < -0.4 is 5.32 Å². The van der Waals surface area contributed by atoms with Gasteiger partial charge in [-0.1, -0.05) is 0 Å². The van der Waals surface area contributed by atoms with Gasteiger partial charge in [0.1, 0.15) is 12.2 Å². The van der Waals surface area contributed by atoms with Gasteiger partial charge in [-0.3, -0.25) is 0 Å². The van der Waals surface area contributed by atoms with Crippen LogP contribution in [0.3, 0.4) is 0 Å². The number of aromatic nitrogens is 3. The van der Waals surface area contributed by atoms with Crippen LogP contribution in [0.25, 0.3) is 0 Å². The molecule has 16 heavy (non-hydrogen) atoms. The monoisotopic (exact) mass is 225 g/mol. The van der Waals surface area contributed by atoms with Crippen LogP contribution in [0.1, 0.15) is 19.7 Å². The lowest BCUT2D eigenvalue weighted by molar-refractivity contribution is 0.203. The van der Waals surface area contributed by atoms with Crippen molar-refractivity contribution >= 4 is 6.03 Å². The summed E-state index contributed by atoms with van der Waals surface area (Å²) in [5.74, 6) is 0.875. The Morgan fingerprint density at radius 2 is 2.19 bits per heavy atom. The van der Waals surface area contributed by atoms with E-state index in [-0.39, 0.29) is 6.03 Å². The van der Waals surface area contributed by atoms with Crippen molar-refractivity contribution in [2.24, 2.45) is 7.05 Å². The van der Waals surface area contributed by atoms with Crippen molar-refractivity contribution in [2.45, 2.75) is 20.3 Å². The first kappa shape index (κ1) is 12.5. The van der Waals surface area contributed by atoms with Crippen molar-refractivity contribution in [3.8, 4) is 0 Å². The zero-order valence-electron chi connectivity index (χ0n) is 10.1. The second kappa shape index (κ2) is 6.09. The number of nitrogens with one attached hydrogen (secondary N) is 1. The van der Waals surface area contributed by atoms with Crippen LogP contribution in [0.4, 0.5) is 4.79 Å². The molecule has 0 aliphatic carbocycles. The molecule has 0 saturated heterocycles. The third-order valence-electron chi connectivity index (χ3n) is 2.48. The molecule has 0 spiro atoms. The van der Waals surface area contributed by atoms with E-state index in [1.165, 1.54) is 0 Å². The summed E-state index contributed by atoms with van der Waals surface area (Å²) >= 11 is 0. The molecule has 0 aliphatic rings. The maximum absolute atomic E-state index is 11.6. The summed E-state index contributed by atoms with van der Waals surface area (Å²) in [6, 6.07) is -0.0211. The third-order valence-corrected chi connectivity index (χ3v) is 2.48. The number of hydrogen-bond donors (Lipinski definition) is 1. The molecule has 1 heterocycles. The number of rotatable bonds is 5. The molecule has 1 N–H and O–H groups in total. The summed E-state index contributed by atoms with van der Waals surface area (Å²) in [4.78, 5) is 13.3. The van der Waals surface area contributed by atoms with Crippen LogP contribution in [0.15, 0.2) is 6.33 Å². The molecule has 90 valence electrons. The fourth-order valence-corrected chi connectivity index (χ4v) is 1.44. The van der Waals surface area contributed by atoms with Gasteiger partial charge in [0.25, 0.3) is 0 Å². The van der Waals surface area contributed by atoms with E-state index in [0.717, 1.165) is 18.9 Å². The van der Waals surface area contributed by atoms with Gasteiger partial charge in [0.05, 0.1) is 0 Å². The molecule has 0 atom stereocenters. The van der Waals surface area contributed by atoms with Gasteiger partial charge < -0.3 is 14.8 Å². The minimum Gasteiger partial charge on any atom is -0.338 e. The smallest absolute Gasteiger partial charge is 0.317 e.